The highest BCUT2D eigenvalue weighted by Crippen LogP contribution is 2.26. The zero-order chi connectivity index (χ0) is 21.8. The highest BCUT2D eigenvalue weighted by Gasteiger charge is 2.19. The minimum absolute atomic E-state index is 0.0149. The Kier molecular flexibility index (Phi) is 5.94. The number of nitrogens with zero attached hydrogens (tertiary/aromatic N) is 2. The van der Waals surface area contributed by atoms with E-state index in [4.69, 9.17) is 0 Å². The molecule has 0 bridgehead atoms. The predicted octanol–water partition coefficient (Wildman–Crippen LogP) is 5.55. The van der Waals surface area contributed by atoms with E-state index in [-0.39, 0.29) is 17.2 Å². The Morgan fingerprint density at radius 2 is 1.90 bits per heavy atom. The smallest absolute Gasteiger partial charge is 0.324 e. The number of hydrogen-bond acceptors (Lipinski definition) is 4. The minimum atomic E-state index is -0.529. The fourth-order valence-electron chi connectivity index (χ4n) is 3.34. The second kappa shape index (κ2) is 8.97. The first kappa shape index (κ1) is 20.5. The fraction of sp³-hybridized carbons (Fsp3) is 0.136. The molecule has 4 rings (SSSR count). The van der Waals surface area contributed by atoms with Crippen LogP contribution in [0.1, 0.15) is 10.4 Å². The summed E-state index contributed by atoms with van der Waals surface area (Å²) in [6, 6.07) is 16.4. The van der Waals surface area contributed by atoms with E-state index in [0.717, 1.165) is 27.8 Å². The maximum absolute atomic E-state index is 14.0. The summed E-state index contributed by atoms with van der Waals surface area (Å²) in [4.78, 5) is 28.9. The molecule has 2 heterocycles. The number of halogens is 1. The highest BCUT2D eigenvalue weighted by molar-refractivity contribution is 7.15. The van der Waals surface area contributed by atoms with Gasteiger partial charge in [-0.05, 0) is 36.2 Å². The van der Waals surface area contributed by atoms with Crippen molar-refractivity contribution in [2.75, 3.05) is 11.9 Å². The Labute approximate surface area is 181 Å². The number of nitrogens with one attached hydrogen (secondary N) is 2. The van der Waals surface area contributed by atoms with Gasteiger partial charge in [-0.25, -0.2) is 9.18 Å². The van der Waals surface area contributed by atoms with E-state index in [2.05, 4.69) is 10.3 Å². The third-order valence-electron chi connectivity index (χ3n) is 4.90. The third kappa shape index (κ3) is 4.72. The molecule has 0 aliphatic carbocycles. The number of aromatic amines is 1. The molecule has 9 heteroatoms. The van der Waals surface area contributed by atoms with Gasteiger partial charge in [0.1, 0.15) is 5.82 Å². The largest absolute Gasteiger partial charge is 0.361 e. The minimum Gasteiger partial charge on any atom is -0.361 e. The molecule has 0 unspecified atom stereocenters. The summed E-state index contributed by atoms with van der Waals surface area (Å²) in [7, 11) is 0. The average molecular weight is 438 g/mol. The first-order valence-electron chi connectivity index (χ1n) is 9.60. The quantitative estimate of drug-likeness (QED) is 0.293. The van der Waals surface area contributed by atoms with Crippen molar-refractivity contribution < 1.29 is 14.1 Å². The number of benzene rings is 2. The molecular formula is C22H19FN4O3S. The lowest BCUT2D eigenvalue weighted by Crippen LogP contribution is -2.36. The van der Waals surface area contributed by atoms with Crippen molar-refractivity contribution in [3.8, 4) is 0 Å². The molecule has 0 saturated heterocycles. The number of hydrogen-bond donors (Lipinski definition) is 2. The fourth-order valence-corrected chi connectivity index (χ4v) is 4.18. The topological polar surface area (TPSA) is 91.3 Å². The number of H-pyrrole nitrogens is 1. The first-order valence-corrected chi connectivity index (χ1v) is 10.4. The van der Waals surface area contributed by atoms with Crippen LogP contribution in [0.25, 0.3) is 10.9 Å². The summed E-state index contributed by atoms with van der Waals surface area (Å²) in [5.41, 5.74) is 2.15. The lowest BCUT2D eigenvalue weighted by atomic mass is 10.1. The van der Waals surface area contributed by atoms with Crippen LogP contribution >= 0.6 is 11.3 Å². The molecule has 2 aromatic heterocycles. The molecule has 2 amide bonds. The summed E-state index contributed by atoms with van der Waals surface area (Å²) in [5, 5.41) is 14.7. The van der Waals surface area contributed by atoms with Crippen LogP contribution in [0.15, 0.2) is 66.9 Å². The Bertz CT molecular complexity index is 1240. The van der Waals surface area contributed by atoms with Crippen molar-refractivity contribution in [2.24, 2.45) is 0 Å². The lowest BCUT2D eigenvalue weighted by Gasteiger charge is -2.22. The van der Waals surface area contributed by atoms with E-state index in [0.29, 0.717) is 17.8 Å². The molecule has 0 atom stereocenters. The maximum Gasteiger partial charge on any atom is 0.324 e. The number of carbonyl (C=O) groups excluding carboxylic acids is 1. The van der Waals surface area contributed by atoms with Gasteiger partial charge in [0.15, 0.2) is 0 Å². The zero-order valence-electron chi connectivity index (χ0n) is 16.4. The number of rotatable bonds is 7. The van der Waals surface area contributed by atoms with Crippen molar-refractivity contribution in [1.29, 1.82) is 0 Å². The molecule has 2 aromatic carbocycles. The third-order valence-corrected chi connectivity index (χ3v) is 5.92. The standard InChI is InChI=1S/C22H19FN4O3S/c23-18-6-2-4-8-20(18)25-22(28)26(14-16-9-10-21(31-16)27(29)30)12-11-15-13-24-19-7-3-1-5-17(15)19/h1-10,13,24H,11-12,14H2,(H,25,28). The zero-order valence-corrected chi connectivity index (χ0v) is 17.2. The van der Waals surface area contributed by atoms with Crippen molar-refractivity contribution in [2.45, 2.75) is 13.0 Å². The molecule has 0 fully saturated rings. The Balaban J connectivity index is 1.54. The van der Waals surface area contributed by atoms with E-state index in [1.165, 1.54) is 23.1 Å². The van der Waals surface area contributed by atoms with Gasteiger partial charge in [-0.3, -0.25) is 10.1 Å². The molecule has 0 spiro atoms. The van der Waals surface area contributed by atoms with Gasteiger partial charge in [0, 0.05) is 34.6 Å². The SMILES string of the molecule is O=C(Nc1ccccc1F)N(CCc1c[nH]c2ccccc12)Cc1ccc([N+](=O)[O-])s1. The van der Waals surface area contributed by atoms with Crippen LogP contribution < -0.4 is 5.32 Å². The van der Waals surface area contributed by atoms with Gasteiger partial charge in [-0.1, -0.05) is 41.7 Å². The molecule has 0 radical (unpaired) electrons. The number of thiophene rings is 1. The van der Waals surface area contributed by atoms with Gasteiger partial charge in [-0.15, -0.1) is 0 Å². The van der Waals surface area contributed by atoms with Crippen molar-refractivity contribution in [3.63, 3.8) is 0 Å². The number of amides is 2. The molecule has 31 heavy (non-hydrogen) atoms. The van der Waals surface area contributed by atoms with Gasteiger partial charge < -0.3 is 15.2 Å². The summed E-state index contributed by atoms with van der Waals surface area (Å²) in [5.74, 6) is -0.529. The van der Waals surface area contributed by atoms with Crippen LogP contribution in [-0.2, 0) is 13.0 Å². The monoisotopic (exact) mass is 438 g/mol. The van der Waals surface area contributed by atoms with E-state index < -0.39 is 16.8 Å². The second-order valence-electron chi connectivity index (χ2n) is 6.94. The van der Waals surface area contributed by atoms with Crippen LogP contribution in [0.2, 0.25) is 0 Å². The summed E-state index contributed by atoms with van der Waals surface area (Å²) >= 11 is 1.02. The number of carbonyl (C=O) groups is 1. The van der Waals surface area contributed by atoms with Gasteiger partial charge in [-0.2, -0.15) is 0 Å². The molecule has 158 valence electrons. The molecule has 0 aliphatic heterocycles. The summed E-state index contributed by atoms with van der Waals surface area (Å²) in [6.07, 6.45) is 2.48. The highest BCUT2D eigenvalue weighted by atomic mass is 32.1. The van der Waals surface area contributed by atoms with Crippen LogP contribution in [0.3, 0.4) is 0 Å². The van der Waals surface area contributed by atoms with Crippen LogP contribution in [0.5, 0.6) is 0 Å². The summed E-state index contributed by atoms with van der Waals surface area (Å²) in [6.45, 7) is 0.537. The van der Waals surface area contributed by atoms with E-state index >= 15 is 0 Å². The van der Waals surface area contributed by atoms with Gasteiger partial charge in [0.05, 0.1) is 17.2 Å². The number of anilines is 1. The summed E-state index contributed by atoms with van der Waals surface area (Å²) < 4.78 is 14.0. The molecular weight excluding hydrogens is 419 g/mol. The average Bonchev–Trinajstić information content (AvgIpc) is 3.40. The van der Waals surface area contributed by atoms with E-state index in [9.17, 15) is 19.3 Å². The normalized spacial score (nSPS) is 10.9. The maximum atomic E-state index is 14.0. The van der Waals surface area contributed by atoms with Crippen molar-refractivity contribution >= 4 is 39.0 Å². The molecule has 0 saturated carbocycles. The Morgan fingerprint density at radius 3 is 2.68 bits per heavy atom. The van der Waals surface area contributed by atoms with Crippen molar-refractivity contribution in [1.82, 2.24) is 9.88 Å². The predicted molar refractivity (Wildman–Crippen MR) is 119 cm³/mol. The van der Waals surface area contributed by atoms with E-state index in [1.807, 2.05) is 30.5 Å². The first-order chi connectivity index (χ1) is 15.0. The van der Waals surface area contributed by atoms with Gasteiger partial charge in [0.25, 0.3) is 0 Å². The number of para-hydroxylation sites is 2. The van der Waals surface area contributed by atoms with E-state index in [1.54, 1.807) is 18.2 Å². The Morgan fingerprint density at radius 1 is 1.13 bits per heavy atom. The van der Waals surface area contributed by atoms with Crippen LogP contribution in [-0.4, -0.2) is 27.4 Å². The Hall–Kier alpha value is -3.72. The number of aromatic nitrogens is 1. The second-order valence-corrected chi connectivity index (χ2v) is 8.08. The number of urea groups is 1. The van der Waals surface area contributed by atoms with Gasteiger partial charge >= 0.3 is 11.0 Å². The van der Waals surface area contributed by atoms with Gasteiger partial charge in [0.2, 0.25) is 0 Å². The number of fused-ring (bicyclic) bond motifs is 1. The lowest BCUT2D eigenvalue weighted by molar-refractivity contribution is -0.380. The number of nitro groups is 1. The van der Waals surface area contributed by atoms with Crippen LogP contribution in [0.4, 0.5) is 19.9 Å². The molecule has 4 aromatic rings. The molecule has 0 aliphatic rings. The van der Waals surface area contributed by atoms with Crippen molar-refractivity contribution in [3.05, 3.63) is 93.2 Å². The molecule has 2 N–H and O–H groups in total. The van der Waals surface area contributed by atoms with Crippen LogP contribution in [0, 0.1) is 15.9 Å². The molecule has 7 nitrogen and oxygen atoms in total.